The third-order valence-electron chi connectivity index (χ3n) is 5.81. The molecule has 1 aliphatic carbocycles. The smallest absolute Gasteiger partial charge is 0.317 e. The summed E-state index contributed by atoms with van der Waals surface area (Å²) in [5.41, 5.74) is 1.58. The average Bonchev–Trinajstić information content (AvgIpc) is 3.02. The summed E-state index contributed by atoms with van der Waals surface area (Å²) in [5, 5.41) is 0. The molecule has 0 unspecified atom stereocenters. The molecule has 0 spiro atoms. The summed E-state index contributed by atoms with van der Waals surface area (Å²) in [7, 11) is 1.28. The Bertz CT molecular complexity index is 817. The van der Waals surface area contributed by atoms with Crippen LogP contribution >= 0.6 is 0 Å². The molecule has 0 radical (unpaired) electrons. The molecular formula is C19H22N2O4. The largest absolute Gasteiger partial charge is 0.468 e. The van der Waals surface area contributed by atoms with E-state index in [2.05, 4.69) is 9.47 Å². The molecule has 3 heterocycles. The van der Waals surface area contributed by atoms with Crippen LogP contribution in [-0.2, 0) is 25.7 Å². The topological polar surface area (TPSA) is 68.6 Å². The van der Waals surface area contributed by atoms with E-state index in [1.165, 1.54) is 7.11 Å². The molecule has 6 heteroatoms. The van der Waals surface area contributed by atoms with Crippen LogP contribution in [0.25, 0.3) is 0 Å². The van der Waals surface area contributed by atoms with Crippen LogP contribution in [0.15, 0.2) is 29.6 Å². The third-order valence-corrected chi connectivity index (χ3v) is 5.81. The number of carbonyl (C=O) groups excluding carboxylic acids is 3. The van der Waals surface area contributed by atoms with Gasteiger partial charge in [0.1, 0.15) is 5.92 Å². The fourth-order valence-electron chi connectivity index (χ4n) is 4.63. The van der Waals surface area contributed by atoms with E-state index in [0.717, 1.165) is 24.5 Å². The van der Waals surface area contributed by atoms with Gasteiger partial charge >= 0.3 is 5.97 Å². The number of Topliss-reactive ketones (excluding diaryl/α,β-unsaturated/α-hetero) is 2. The lowest BCUT2D eigenvalue weighted by Crippen LogP contribution is -2.51. The van der Waals surface area contributed by atoms with Gasteiger partial charge in [0.15, 0.2) is 11.6 Å². The number of rotatable bonds is 1. The number of ether oxygens (including phenoxy) is 1. The summed E-state index contributed by atoms with van der Waals surface area (Å²) in [6.07, 6.45) is 2.84. The zero-order valence-electron chi connectivity index (χ0n) is 14.7. The number of hydrogen-bond acceptors (Lipinski definition) is 5. The van der Waals surface area contributed by atoms with Crippen LogP contribution in [0.4, 0.5) is 0 Å². The number of hydrogen-bond donors (Lipinski definition) is 0. The molecule has 0 saturated carbocycles. The van der Waals surface area contributed by atoms with Crippen molar-refractivity contribution < 1.29 is 19.1 Å². The Balaban J connectivity index is 1.81. The lowest BCUT2D eigenvalue weighted by Gasteiger charge is -2.48. The van der Waals surface area contributed by atoms with Crippen molar-refractivity contribution in [3.05, 3.63) is 35.3 Å². The summed E-state index contributed by atoms with van der Waals surface area (Å²) in [6.45, 7) is 5.40. The highest BCUT2D eigenvalue weighted by Crippen LogP contribution is 2.49. The molecule has 0 aromatic carbocycles. The SMILES string of the molecule is COC(=O)[C@H]1C(=O)C2=C(CC1(C)C)N1CCn3cccc3[C@H]1CC2=O. The van der Waals surface area contributed by atoms with Gasteiger partial charge in [-0.3, -0.25) is 14.4 Å². The van der Waals surface area contributed by atoms with Crippen molar-refractivity contribution in [2.45, 2.75) is 39.3 Å². The van der Waals surface area contributed by atoms with Crippen molar-refractivity contribution >= 4 is 17.5 Å². The second kappa shape index (κ2) is 5.31. The van der Waals surface area contributed by atoms with Crippen LogP contribution in [0.2, 0.25) is 0 Å². The van der Waals surface area contributed by atoms with Crippen LogP contribution < -0.4 is 0 Å². The molecule has 2 atom stereocenters. The number of nitrogens with zero attached hydrogens (tertiary/aromatic N) is 2. The maximum absolute atomic E-state index is 13.0. The van der Waals surface area contributed by atoms with Crippen molar-refractivity contribution in [3.8, 4) is 0 Å². The molecular weight excluding hydrogens is 320 g/mol. The van der Waals surface area contributed by atoms with Crippen molar-refractivity contribution in [1.29, 1.82) is 0 Å². The lowest BCUT2D eigenvalue weighted by molar-refractivity contribution is -0.154. The quantitative estimate of drug-likeness (QED) is 0.443. The van der Waals surface area contributed by atoms with E-state index in [0.29, 0.717) is 6.42 Å². The average molecular weight is 342 g/mol. The van der Waals surface area contributed by atoms with Gasteiger partial charge in [-0.2, -0.15) is 0 Å². The van der Waals surface area contributed by atoms with Crippen LogP contribution in [-0.4, -0.2) is 40.7 Å². The zero-order chi connectivity index (χ0) is 17.9. The molecule has 0 N–H and O–H groups in total. The molecule has 2 aliphatic heterocycles. The molecule has 0 bridgehead atoms. The molecule has 1 aromatic rings. The summed E-state index contributed by atoms with van der Waals surface area (Å²) in [4.78, 5) is 40.3. The molecule has 25 heavy (non-hydrogen) atoms. The van der Waals surface area contributed by atoms with Gasteiger partial charge < -0.3 is 14.2 Å². The minimum absolute atomic E-state index is 0.0201. The van der Waals surface area contributed by atoms with Gasteiger partial charge in [0.05, 0.1) is 18.7 Å². The highest BCUT2D eigenvalue weighted by Gasteiger charge is 2.52. The van der Waals surface area contributed by atoms with Crippen molar-refractivity contribution in [2.24, 2.45) is 11.3 Å². The Kier molecular flexibility index (Phi) is 3.42. The Morgan fingerprint density at radius 3 is 2.76 bits per heavy atom. The molecule has 0 saturated heterocycles. The minimum Gasteiger partial charge on any atom is -0.468 e. The molecule has 0 fully saturated rings. The van der Waals surface area contributed by atoms with Gasteiger partial charge in [-0.1, -0.05) is 13.8 Å². The third kappa shape index (κ3) is 2.19. The number of ketones is 2. The van der Waals surface area contributed by atoms with Gasteiger partial charge in [-0.05, 0) is 24.0 Å². The fraction of sp³-hybridized carbons (Fsp3) is 0.526. The van der Waals surface area contributed by atoms with E-state index in [-0.39, 0.29) is 29.6 Å². The van der Waals surface area contributed by atoms with Crippen LogP contribution in [0.1, 0.15) is 38.4 Å². The summed E-state index contributed by atoms with van der Waals surface area (Å²) in [5.74, 6) is -1.99. The molecule has 0 amide bonds. The zero-order valence-corrected chi connectivity index (χ0v) is 14.7. The van der Waals surface area contributed by atoms with E-state index < -0.39 is 17.3 Å². The summed E-state index contributed by atoms with van der Waals surface area (Å²) >= 11 is 0. The molecule has 1 aromatic heterocycles. The number of allylic oxidation sites excluding steroid dienone is 2. The number of esters is 1. The predicted octanol–water partition coefficient (Wildman–Crippen LogP) is 1.86. The van der Waals surface area contributed by atoms with E-state index >= 15 is 0 Å². The van der Waals surface area contributed by atoms with Gasteiger partial charge in [0, 0.05) is 37.1 Å². The first-order chi connectivity index (χ1) is 11.8. The summed E-state index contributed by atoms with van der Waals surface area (Å²) < 4.78 is 7.02. The second-order valence-electron chi connectivity index (χ2n) is 7.77. The fourth-order valence-corrected chi connectivity index (χ4v) is 4.63. The predicted molar refractivity (Wildman–Crippen MR) is 89.4 cm³/mol. The Labute approximate surface area is 146 Å². The monoisotopic (exact) mass is 342 g/mol. The molecule has 6 nitrogen and oxygen atoms in total. The van der Waals surface area contributed by atoms with Crippen molar-refractivity contribution in [3.63, 3.8) is 0 Å². The van der Waals surface area contributed by atoms with Crippen LogP contribution in [0, 0.1) is 11.3 Å². The Morgan fingerprint density at radius 2 is 2.04 bits per heavy atom. The normalized spacial score (nSPS) is 27.6. The first-order valence-corrected chi connectivity index (χ1v) is 8.65. The van der Waals surface area contributed by atoms with Crippen LogP contribution in [0.5, 0.6) is 0 Å². The number of fused-ring (bicyclic) bond motifs is 4. The van der Waals surface area contributed by atoms with Gasteiger partial charge in [-0.15, -0.1) is 0 Å². The Morgan fingerprint density at radius 1 is 1.28 bits per heavy atom. The first-order valence-electron chi connectivity index (χ1n) is 8.65. The van der Waals surface area contributed by atoms with E-state index in [1.807, 2.05) is 32.2 Å². The number of methoxy groups -OCH3 is 1. The summed E-state index contributed by atoms with van der Waals surface area (Å²) in [6, 6.07) is 4.02. The Hall–Kier alpha value is -2.37. The van der Waals surface area contributed by atoms with Gasteiger partial charge in [-0.25, -0.2) is 0 Å². The maximum atomic E-state index is 13.0. The highest BCUT2D eigenvalue weighted by molar-refractivity contribution is 6.26. The van der Waals surface area contributed by atoms with E-state index in [4.69, 9.17) is 4.74 Å². The lowest BCUT2D eigenvalue weighted by atomic mass is 9.65. The van der Waals surface area contributed by atoms with Gasteiger partial charge in [0.2, 0.25) is 0 Å². The number of carbonyl (C=O) groups is 3. The van der Waals surface area contributed by atoms with E-state index in [9.17, 15) is 14.4 Å². The minimum atomic E-state index is -0.912. The van der Waals surface area contributed by atoms with Crippen LogP contribution in [0.3, 0.4) is 0 Å². The van der Waals surface area contributed by atoms with Gasteiger partial charge in [0.25, 0.3) is 0 Å². The standard InChI is InChI=1S/C19H22N2O4/c1-19(2)10-13-15(17(23)16(19)18(24)25-3)14(22)9-12-11-5-4-6-20(11)7-8-21(12)13/h4-6,12,16H,7-10H2,1-3H3/t12-,16-/m1/s1. The van der Waals surface area contributed by atoms with E-state index in [1.54, 1.807) is 0 Å². The first kappa shape index (κ1) is 16.1. The molecule has 132 valence electrons. The molecule has 3 aliphatic rings. The highest BCUT2D eigenvalue weighted by atomic mass is 16.5. The second-order valence-corrected chi connectivity index (χ2v) is 7.77. The molecule has 4 rings (SSSR count). The van der Waals surface area contributed by atoms with Crippen molar-refractivity contribution in [1.82, 2.24) is 9.47 Å². The van der Waals surface area contributed by atoms with Crippen molar-refractivity contribution in [2.75, 3.05) is 13.7 Å². The number of aromatic nitrogens is 1. The maximum Gasteiger partial charge on any atom is 0.317 e.